The molecule has 0 radical (unpaired) electrons. The highest BCUT2D eigenvalue weighted by Gasteiger charge is 2.24. The average Bonchev–Trinajstić information content (AvgIpc) is 3.53. The van der Waals surface area contributed by atoms with Gasteiger partial charge in [-0.2, -0.15) is 0 Å². The smallest absolute Gasteiger partial charge is 0.402 e. The quantitative estimate of drug-likeness (QED) is 0.290. The largest absolute Gasteiger partial charge is 0.465 e. The number of nitrogen functional groups attached to an aromatic ring is 1. The van der Waals surface area contributed by atoms with Crippen molar-refractivity contribution in [3.05, 3.63) is 66.1 Å². The van der Waals surface area contributed by atoms with Gasteiger partial charge in [0.2, 0.25) is 0 Å². The number of nitrogens with two attached hydrogens (primary N) is 2. The third-order valence-corrected chi connectivity index (χ3v) is 7.21. The van der Waals surface area contributed by atoms with Gasteiger partial charge < -0.3 is 16.6 Å². The van der Waals surface area contributed by atoms with E-state index in [0.717, 1.165) is 39.2 Å². The van der Waals surface area contributed by atoms with Crippen LogP contribution in [0.1, 0.15) is 43.8 Å². The minimum absolute atomic E-state index is 0.473. The van der Waals surface area contributed by atoms with E-state index in [-0.39, 0.29) is 0 Å². The second kappa shape index (κ2) is 9.71. The van der Waals surface area contributed by atoms with Gasteiger partial charge in [-0.05, 0) is 36.4 Å². The van der Waals surface area contributed by atoms with Crippen molar-refractivity contribution in [1.82, 2.24) is 19.4 Å². The highest BCUT2D eigenvalue weighted by Crippen LogP contribution is 2.37. The molecule has 0 aliphatic heterocycles. The lowest BCUT2D eigenvalue weighted by Crippen LogP contribution is -2.09. The van der Waals surface area contributed by atoms with Crippen molar-refractivity contribution < 1.29 is 9.90 Å². The van der Waals surface area contributed by atoms with Crippen molar-refractivity contribution in [2.24, 2.45) is 5.73 Å². The van der Waals surface area contributed by atoms with Crippen molar-refractivity contribution in [3.63, 3.8) is 0 Å². The number of carboxylic acid groups (broad SMARTS) is 1. The number of nitrogens with zero attached hydrogens (tertiary/aromatic N) is 4. The molecule has 1 saturated carbocycles. The van der Waals surface area contributed by atoms with Crippen molar-refractivity contribution >= 4 is 39.7 Å². The molecule has 8 nitrogen and oxygen atoms in total. The summed E-state index contributed by atoms with van der Waals surface area (Å²) in [6.07, 6.45) is 8.66. The highest BCUT2D eigenvalue weighted by molar-refractivity contribution is 7.13. The average molecular weight is 487 g/mol. The summed E-state index contributed by atoms with van der Waals surface area (Å²) in [6, 6.07) is 14.8. The molecule has 0 unspecified atom stereocenters. The van der Waals surface area contributed by atoms with Gasteiger partial charge in [-0.15, -0.1) is 11.3 Å². The molecule has 4 aromatic heterocycles. The Labute approximate surface area is 206 Å². The van der Waals surface area contributed by atoms with Crippen LogP contribution in [-0.2, 0) is 0 Å². The fourth-order valence-electron chi connectivity index (χ4n) is 4.76. The van der Waals surface area contributed by atoms with Gasteiger partial charge in [0.1, 0.15) is 22.9 Å². The molecule has 0 atom stereocenters. The molecule has 1 aliphatic carbocycles. The van der Waals surface area contributed by atoms with Crippen LogP contribution in [0.3, 0.4) is 0 Å². The van der Waals surface area contributed by atoms with Crippen molar-refractivity contribution in [2.45, 2.75) is 38.0 Å². The van der Waals surface area contributed by atoms with Gasteiger partial charge in [-0.3, -0.25) is 4.40 Å². The number of anilines is 1. The summed E-state index contributed by atoms with van der Waals surface area (Å²) in [6.45, 7) is 0. The van der Waals surface area contributed by atoms with E-state index in [4.69, 9.17) is 25.6 Å². The second-order valence-electron chi connectivity index (χ2n) is 8.60. The van der Waals surface area contributed by atoms with Gasteiger partial charge >= 0.3 is 6.09 Å². The molecule has 0 spiro atoms. The fraction of sp³-hybridized carbons (Fsp3) is 0.231. The van der Waals surface area contributed by atoms with E-state index in [1.807, 2.05) is 6.20 Å². The van der Waals surface area contributed by atoms with Gasteiger partial charge in [-0.25, -0.2) is 19.7 Å². The number of primary amides is 1. The number of amides is 1. The highest BCUT2D eigenvalue weighted by atomic mass is 32.1. The van der Waals surface area contributed by atoms with E-state index < -0.39 is 6.09 Å². The van der Waals surface area contributed by atoms with Gasteiger partial charge in [0.05, 0.1) is 16.1 Å². The maximum Gasteiger partial charge on any atom is 0.402 e. The summed E-state index contributed by atoms with van der Waals surface area (Å²) < 4.78 is 2.16. The number of pyridine rings is 1. The maximum atomic E-state index is 8.78. The van der Waals surface area contributed by atoms with Gasteiger partial charge in [0.25, 0.3) is 0 Å². The monoisotopic (exact) mass is 486 g/mol. The number of aromatic nitrogens is 4. The van der Waals surface area contributed by atoms with Crippen LogP contribution < -0.4 is 11.5 Å². The number of benzene rings is 1. The first-order chi connectivity index (χ1) is 17.0. The topological polar surface area (TPSA) is 132 Å². The fourth-order valence-corrected chi connectivity index (χ4v) is 5.46. The third-order valence-electron chi connectivity index (χ3n) is 6.32. The number of thiophene rings is 1. The lowest BCUT2D eigenvalue weighted by molar-refractivity contribution is 0.205. The normalized spacial score (nSPS) is 14.1. The SMILES string of the molecule is NC(=O)O.Nc1nccn2c(C3CCCCC3)nc(-c3ccc4ccc(-c5cccs5)nc4c3)c12. The summed E-state index contributed by atoms with van der Waals surface area (Å²) in [7, 11) is 0. The Kier molecular flexibility index (Phi) is 6.33. The van der Waals surface area contributed by atoms with E-state index >= 15 is 0 Å². The van der Waals surface area contributed by atoms with Crippen LogP contribution in [0.5, 0.6) is 0 Å². The number of hydrogen-bond acceptors (Lipinski definition) is 6. The predicted octanol–water partition coefficient (Wildman–Crippen LogP) is 5.93. The Morgan fingerprint density at radius 2 is 1.86 bits per heavy atom. The summed E-state index contributed by atoms with van der Waals surface area (Å²) in [5.41, 5.74) is 15.2. The van der Waals surface area contributed by atoms with Crippen LogP contribution in [0.4, 0.5) is 10.6 Å². The van der Waals surface area contributed by atoms with Crippen LogP contribution >= 0.6 is 11.3 Å². The van der Waals surface area contributed by atoms with E-state index in [1.54, 1.807) is 17.5 Å². The molecular formula is C26H26N6O2S. The lowest BCUT2D eigenvalue weighted by Gasteiger charge is -2.20. The maximum absolute atomic E-state index is 8.78. The molecule has 9 heteroatoms. The first-order valence-corrected chi connectivity index (χ1v) is 12.4. The standard InChI is InChI=1S/C25H23N5S.CH3NO2/c26-24-23-22(29-25(30(23)13-12-27-24)17-5-2-1-3-6-17)18-9-8-16-10-11-19(28-20(16)15-18)21-7-4-14-31-21;2-1(3)4/h4,7-15,17H,1-3,5-6H2,(H2,26,27);2H2,(H,3,4). The molecular weight excluding hydrogens is 460 g/mol. The Balaban J connectivity index is 0.000000591. The van der Waals surface area contributed by atoms with Gasteiger partial charge in [0.15, 0.2) is 0 Å². The van der Waals surface area contributed by atoms with Crippen molar-refractivity contribution in [1.29, 1.82) is 0 Å². The molecule has 178 valence electrons. The third kappa shape index (κ3) is 4.67. The summed E-state index contributed by atoms with van der Waals surface area (Å²) >= 11 is 1.71. The zero-order valence-corrected chi connectivity index (χ0v) is 19.9. The van der Waals surface area contributed by atoms with E-state index in [1.165, 1.54) is 37.0 Å². The number of rotatable bonds is 3. The first-order valence-electron chi connectivity index (χ1n) is 11.6. The Hall–Kier alpha value is -3.98. The van der Waals surface area contributed by atoms with E-state index in [9.17, 15) is 0 Å². The molecule has 5 aromatic rings. The molecule has 1 aromatic carbocycles. The molecule has 6 rings (SSSR count). The molecule has 4 heterocycles. The van der Waals surface area contributed by atoms with E-state index in [0.29, 0.717) is 11.7 Å². The van der Waals surface area contributed by atoms with Crippen LogP contribution in [0, 0.1) is 0 Å². The Bertz CT molecular complexity index is 1490. The summed E-state index contributed by atoms with van der Waals surface area (Å²) in [5, 5.41) is 10.4. The molecule has 1 amide bonds. The number of hydrogen-bond donors (Lipinski definition) is 3. The van der Waals surface area contributed by atoms with Crippen LogP contribution in [0.25, 0.3) is 38.2 Å². The predicted molar refractivity (Wildman–Crippen MR) is 139 cm³/mol. The van der Waals surface area contributed by atoms with Crippen molar-refractivity contribution in [3.8, 4) is 21.8 Å². The van der Waals surface area contributed by atoms with Gasteiger partial charge in [-0.1, -0.05) is 43.5 Å². The molecule has 1 fully saturated rings. The second-order valence-corrected chi connectivity index (χ2v) is 9.55. The van der Waals surface area contributed by atoms with E-state index in [2.05, 4.69) is 63.0 Å². The van der Waals surface area contributed by atoms with Crippen LogP contribution in [-0.4, -0.2) is 30.6 Å². The van der Waals surface area contributed by atoms with Crippen LogP contribution in [0.2, 0.25) is 0 Å². The molecule has 1 aliphatic rings. The number of fused-ring (bicyclic) bond motifs is 2. The lowest BCUT2D eigenvalue weighted by atomic mass is 9.89. The molecule has 0 bridgehead atoms. The molecule has 5 N–H and O–H groups in total. The zero-order chi connectivity index (χ0) is 24.4. The summed E-state index contributed by atoms with van der Waals surface area (Å²) in [5.74, 6) is 2.10. The zero-order valence-electron chi connectivity index (χ0n) is 19.1. The first kappa shape index (κ1) is 22.8. The molecule has 35 heavy (non-hydrogen) atoms. The summed E-state index contributed by atoms with van der Waals surface area (Å²) in [4.78, 5) is 24.4. The van der Waals surface area contributed by atoms with Gasteiger partial charge in [0, 0.05) is 29.3 Å². The minimum atomic E-state index is -1.33. The number of imidazole rings is 1. The minimum Gasteiger partial charge on any atom is -0.465 e. The van der Waals surface area contributed by atoms with Crippen LogP contribution in [0.15, 0.2) is 60.2 Å². The Morgan fingerprint density at radius 1 is 1.09 bits per heavy atom. The number of carbonyl (C=O) groups is 1. The van der Waals surface area contributed by atoms with Crippen molar-refractivity contribution in [2.75, 3.05) is 5.73 Å². The Morgan fingerprint density at radius 3 is 2.60 bits per heavy atom. The molecule has 0 saturated heterocycles.